The number of pyridine rings is 1. The molecule has 0 fully saturated rings. The fraction of sp³-hybridized carbons (Fsp3) is 0.167. The Labute approximate surface area is 210 Å². The van der Waals surface area contributed by atoms with E-state index >= 15 is 0 Å². The maximum atomic E-state index is 11.7. The summed E-state index contributed by atoms with van der Waals surface area (Å²) in [5, 5.41) is 27.9. The highest BCUT2D eigenvalue weighted by atomic mass is 16.5. The van der Waals surface area contributed by atoms with E-state index in [1.54, 1.807) is 42.2 Å². The van der Waals surface area contributed by atoms with Crippen molar-refractivity contribution in [1.82, 2.24) is 35.2 Å². The number of aryl methyl sites for hydroxylation is 2. The van der Waals surface area contributed by atoms with Gasteiger partial charge in [-0.2, -0.15) is 15.3 Å². The zero-order chi connectivity index (χ0) is 26.9. The lowest BCUT2D eigenvalue weighted by molar-refractivity contribution is -0.148. The topological polar surface area (TPSA) is 180 Å². The van der Waals surface area contributed by atoms with Crippen LogP contribution in [0.4, 0.5) is 0 Å². The molecule has 188 valence electrons. The zero-order valence-electron chi connectivity index (χ0n) is 20.0. The normalized spacial score (nSPS) is 10.1. The van der Waals surface area contributed by atoms with Crippen LogP contribution in [0.1, 0.15) is 38.8 Å². The average Bonchev–Trinajstić information content (AvgIpc) is 3.35. The van der Waals surface area contributed by atoms with Gasteiger partial charge in [0, 0.05) is 12.3 Å². The molecule has 37 heavy (non-hydrogen) atoms. The van der Waals surface area contributed by atoms with Gasteiger partial charge in [-0.05, 0) is 50.2 Å². The van der Waals surface area contributed by atoms with Gasteiger partial charge in [-0.3, -0.25) is 14.6 Å². The molecule has 0 bridgehead atoms. The molecule has 1 N–H and O–H groups in total. The Morgan fingerprint density at radius 3 is 2.16 bits per heavy atom. The maximum absolute atomic E-state index is 11.7. The number of aromatic nitrogens is 7. The van der Waals surface area contributed by atoms with Gasteiger partial charge >= 0.3 is 11.9 Å². The Balaban J connectivity index is 0.000000222. The lowest BCUT2D eigenvalue weighted by atomic mass is 10.1. The Bertz CT molecular complexity index is 1420. The first-order chi connectivity index (χ1) is 17.7. The lowest BCUT2D eigenvalue weighted by Crippen LogP contribution is -2.18. The molecular formula is C24H21N7O6. The summed E-state index contributed by atoms with van der Waals surface area (Å²) in [5.74, 6) is -3.93. The Kier molecular flexibility index (Phi) is 8.54. The van der Waals surface area contributed by atoms with E-state index in [1.165, 1.54) is 13.2 Å². The van der Waals surface area contributed by atoms with Gasteiger partial charge < -0.3 is 9.84 Å². The van der Waals surface area contributed by atoms with Crippen LogP contribution in [0.3, 0.4) is 0 Å². The van der Waals surface area contributed by atoms with Crippen LogP contribution in [-0.4, -0.2) is 70.9 Å². The monoisotopic (exact) mass is 503 g/mol. The van der Waals surface area contributed by atoms with Gasteiger partial charge in [-0.25, -0.2) is 14.3 Å². The predicted molar refractivity (Wildman–Crippen MR) is 127 cm³/mol. The van der Waals surface area contributed by atoms with E-state index in [1.807, 2.05) is 25.1 Å². The quantitative estimate of drug-likeness (QED) is 0.167. The van der Waals surface area contributed by atoms with Gasteiger partial charge in [0.05, 0.1) is 42.5 Å². The number of carboxylic acid groups (broad SMARTS) is 1. The molecule has 0 aromatic carbocycles. The number of carbonyl (C=O) groups is 4. The van der Waals surface area contributed by atoms with E-state index in [2.05, 4.69) is 30.5 Å². The molecule has 4 rings (SSSR count). The molecule has 0 amide bonds. The van der Waals surface area contributed by atoms with Crippen LogP contribution in [0.2, 0.25) is 0 Å². The fourth-order valence-corrected chi connectivity index (χ4v) is 2.84. The van der Waals surface area contributed by atoms with Crippen molar-refractivity contribution in [3.05, 3.63) is 77.6 Å². The Morgan fingerprint density at radius 1 is 0.919 bits per heavy atom. The molecule has 0 unspecified atom stereocenters. The molecule has 0 spiro atoms. The molecule has 0 atom stereocenters. The molecule has 0 aliphatic rings. The minimum absolute atomic E-state index is 0.00444. The summed E-state index contributed by atoms with van der Waals surface area (Å²) < 4.78 is 6.32. The summed E-state index contributed by atoms with van der Waals surface area (Å²) >= 11 is 0. The van der Waals surface area contributed by atoms with Crippen molar-refractivity contribution in [3.8, 4) is 17.1 Å². The number of hydrogen-bond donors (Lipinski definition) is 1. The van der Waals surface area contributed by atoms with Crippen LogP contribution in [0.25, 0.3) is 17.1 Å². The first kappa shape index (κ1) is 26.4. The lowest BCUT2D eigenvalue weighted by Gasteiger charge is -2.05. The summed E-state index contributed by atoms with van der Waals surface area (Å²) in [5.41, 5.74) is 3.60. The highest BCUT2D eigenvalue weighted by molar-refractivity contribution is 6.37. The Morgan fingerprint density at radius 2 is 1.62 bits per heavy atom. The van der Waals surface area contributed by atoms with E-state index in [-0.39, 0.29) is 11.4 Å². The largest absolute Gasteiger partial charge is 0.475 e. The van der Waals surface area contributed by atoms with Crippen LogP contribution >= 0.6 is 0 Å². The number of carboxylic acids is 1. The molecule has 13 nitrogen and oxygen atoms in total. The van der Waals surface area contributed by atoms with Crippen molar-refractivity contribution in [2.24, 2.45) is 0 Å². The SMILES string of the molecule is COC(=O)c1cc(-c2ccc(C)nn2)n(-c2cccnc2)n1.Cc1ccc(C(=O)CC(=O)C(=O)O)nn1. The number of hydrogen-bond acceptors (Lipinski definition) is 11. The standard InChI is InChI=1S/C15H13N5O2.C9H8N2O4/c1-10-5-6-12(18-17-10)14-8-13(15(21)22-2)19-20(14)11-4-3-7-16-9-11;1-5-2-3-6(11-10-5)7(12)4-8(13)9(14)15/h3-9H,1-2H3;2-3H,4H2,1H3,(H,14,15). The van der Waals surface area contributed by atoms with Gasteiger partial charge in [-0.1, -0.05) is 0 Å². The van der Waals surface area contributed by atoms with Gasteiger partial charge in [0.25, 0.3) is 0 Å². The van der Waals surface area contributed by atoms with Crippen LogP contribution in [-0.2, 0) is 14.3 Å². The number of esters is 1. The van der Waals surface area contributed by atoms with E-state index in [9.17, 15) is 19.2 Å². The molecular weight excluding hydrogens is 482 g/mol. The number of rotatable bonds is 7. The van der Waals surface area contributed by atoms with Crippen molar-refractivity contribution >= 4 is 23.5 Å². The van der Waals surface area contributed by atoms with Gasteiger partial charge in [0.15, 0.2) is 11.5 Å². The number of Topliss-reactive ketones (excluding diaryl/α,β-unsaturated/α-hetero) is 2. The van der Waals surface area contributed by atoms with E-state index in [0.29, 0.717) is 17.1 Å². The second-order valence-electron chi connectivity index (χ2n) is 7.48. The van der Waals surface area contributed by atoms with Crippen molar-refractivity contribution in [3.63, 3.8) is 0 Å². The van der Waals surface area contributed by atoms with E-state index < -0.39 is 29.9 Å². The summed E-state index contributed by atoms with van der Waals surface area (Å²) in [7, 11) is 1.32. The van der Waals surface area contributed by atoms with Gasteiger partial charge in [0.2, 0.25) is 5.78 Å². The molecule has 0 saturated carbocycles. The molecule has 4 heterocycles. The molecule has 4 aromatic rings. The van der Waals surface area contributed by atoms with Crippen LogP contribution in [0.15, 0.2) is 54.9 Å². The molecule has 4 aromatic heterocycles. The minimum atomic E-state index is -1.62. The molecule has 0 radical (unpaired) electrons. The second kappa shape index (κ2) is 12.0. The minimum Gasteiger partial charge on any atom is -0.475 e. The molecule has 0 aliphatic heterocycles. The predicted octanol–water partition coefficient (Wildman–Crippen LogP) is 1.83. The number of aliphatic carboxylic acids is 1. The number of nitrogens with zero attached hydrogens (tertiary/aromatic N) is 7. The highest BCUT2D eigenvalue weighted by Gasteiger charge is 2.19. The second-order valence-corrected chi connectivity index (χ2v) is 7.48. The third-order valence-corrected chi connectivity index (χ3v) is 4.70. The van der Waals surface area contributed by atoms with Crippen LogP contribution in [0, 0.1) is 13.8 Å². The van der Waals surface area contributed by atoms with E-state index in [0.717, 1.165) is 11.4 Å². The summed E-state index contributed by atoms with van der Waals surface area (Å²) in [6.07, 6.45) is 2.63. The smallest absolute Gasteiger partial charge is 0.372 e. The van der Waals surface area contributed by atoms with Gasteiger partial charge in [0.1, 0.15) is 11.4 Å². The van der Waals surface area contributed by atoms with Crippen molar-refractivity contribution in [2.45, 2.75) is 20.3 Å². The van der Waals surface area contributed by atoms with Crippen LogP contribution in [0.5, 0.6) is 0 Å². The summed E-state index contributed by atoms with van der Waals surface area (Å²) in [4.78, 5) is 48.0. The average molecular weight is 503 g/mol. The number of methoxy groups -OCH3 is 1. The maximum Gasteiger partial charge on any atom is 0.372 e. The van der Waals surface area contributed by atoms with Gasteiger partial charge in [-0.15, -0.1) is 10.2 Å². The van der Waals surface area contributed by atoms with E-state index in [4.69, 9.17) is 9.84 Å². The third kappa shape index (κ3) is 6.91. The zero-order valence-corrected chi connectivity index (χ0v) is 20.0. The fourth-order valence-electron chi connectivity index (χ4n) is 2.84. The third-order valence-electron chi connectivity index (χ3n) is 4.70. The number of carbonyl (C=O) groups excluding carboxylic acids is 3. The first-order valence-corrected chi connectivity index (χ1v) is 10.7. The molecule has 13 heteroatoms. The van der Waals surface area contributed by atoms with Crippen molar-refractivity contribution in [1.29, 1.82) is 0 Å². The molecule has 0 saturated heterocycles. The number of ketones is 2. The first-order valence-electron chi connectivity index (χ1n) is 10.7. The molecule has 0 aliphatic carbocycles. The van der Waals surface area contributed by atoms with Crippen molar-refractivity contribution in [2.75, 3.05) is 7.11 Å². The number of ether oxygens (including phenoxy) is 1. The summed E-state index contributed by atoms with van der Waals surface area (Å²) in [6.45, 7) is 3.55. The van der Waals surface area contributed by atoms with Crippen molar-refractivity contribution < 1.29 is 29.0 Å². The highest BCUT2D eigenvalue weighted by Crippen LogP contribution is 2.22. The Hall–Kier alpha value is -5.20. The summed E-state index contributed by atoms with van der Waals surface area (Å²) in [6, 6.07) is 11.9. The van der Waals surface area contributed by atoms with Crippen LogP contribution < -0.4 is 0 Å².